The van der Waals surface area contributed by atoms with Gasteiger partial charge < -0.3 is 0 Å². The van der Waals surface area contributed by atoms with Crippen LogP contribution in [-0.4, -0.2) is 11.7 Å². The molecule has 1 atom stereocenters. The Kier molecular flexibility index (Phi) is 4.92. The predicted molar refractivity (Wildman–Crippen MR) is 115 cm³/mol. The first-order valence-corrected chi connectivity index (χ1v) is 10.4. The van der Waals surface area contributed by atoms with Crippen molar-refractivity contribution >= 4 is 33.3 Å². The van der Waals surface area contributed by atoms with Crippen LogP contribution in [0, 0.1) is 16.7 Å². The Morgan fingerprint density at radius 1 is 1.07 bits per heavy atom. The molecule has 4 rings (SSSR count). The van der Waals surface area contributed by atoms with E-state index in [1.165, 1.54) is 0 Å². The molecule has 2 aliphatic rings. The number of carbonyl (C=O) groups excluding carboxylic acids is 2. The van der Waals surface area contributed by atoms with E-state index >= 15 is 0 Å². The molecular weight excluding hydrogens is 428 g/mol. The number of halogens is 1. The van der Waals surface area contributed by atoms with Crippen molar-refractivity contribution in [3.8, 4) is 6.07 Å². The topological polar surface area (TPSA) is 61.2 Å². The Balaban J connectivity index is 1.96. The van der Waals surface area contributed by atoms with E-state index < -0.39 is 0 Å². The van der Waals surface area contributed by atoms with Gasteiger partial charge in [0.2, 0.25) is 5.91 Å². The van der Waals surface area contributed by atoms with Gasteiger partial charge >= 0.3 is 0 Å². The maximum atomic E-state index is 13.4. The highest BCUT2D eigenvalue weighted by atomic mass is 79.9. The van der Waals surface area contributed by atoms with Gasteiger partial charge in [0.15, 0.2) is 5.78 Å². The summed E-state index contributed by atoms with van der Waals surface area (Å²) in [6.07, 6.45) is 1.27. The van der Waals surface area contributed by atoms with E-state index in [1.807, 2.05) is 30.3 Å². The van der Waals surface area contributed by atoms with E-state index in [-0.39, 0.29) is 29.4 Å². The Hall–Kier alpha value is -2.71. The van der Waals surface area contributed by atoms with E-state index in [0.29, 0.717) is 29.7 Å². The normalized spacial score (nSPS) is 21.0. The third-order valence-corrected chi connectivity index (χ3v) is 6.41. The van der Waals surface area contributed by atoms with Gasteiger partial charge in [-0.25, -0.2) is 0 Å². The lowest BCUT2D eigenvalue weighted by Crippen LogP contribution is -2.44. The molecule has 0 saturated carbocycles. The summed E-state index contributed by atoms with van der Waals surface area (Å²) in [5, 5.41) is 9.58. The second-order valence-corrected chi connectivity index (χ2v) is 9.29. The zero-order chi connectivity index (χ0) is 20.8. The molecule has 0 bridgehead atoms. The number of rotatable bonds is 2. The molecule has 146 valence electrons. The fourth-order valence-corrected chi connectivity index (χ4v) is 5.04. The van der Waals surface area contributed by atoms with Gasteiger partial charge in [-0.15, -0.1) is 0 Å². The van der Waals surface area contributed by atoms with Crippen LogP contribution in [0.2, 0.25) is 0 Å². The number of para-hydroxylation sites is 1. The highest BCUT2D eigenvalue weighted by Gasteiger charge is 2.45. The standard InChI is InChI=1S/C24H21BrN2O2/c1-24(2)12-20-23(21(28)13-24)17(16-8-4-5-9-18(16)25)11-22(29)27(20)19-10-6-3-7-15(19)14-26/h3-10,17H,11-13H2,1-2H3. The molecule has 4 nitrogen and oxygen atoms in total. The van der Waals surface area contributed by atoms with Gasteiger partial charge in [0.1, 0.15) is 6.07 Å². The van der Waals surface area contributed by atoms with Crippen molar-refractivity contribution < 1.29 is 9.59 Å². The fourth-order valence-electron chi connectivity index (χ4n) is 4.48. The number of nitriles is 1. The first kappa shape index (κ1) is 19.6. The molecule has 1 aliphatic heterocycles. The number of amides is 1. The number of carbonyl (C=O) groups is 2. The largest absolute Gasteiger partial charge is 0.294 e. The fraction of sp³-hybridized carbons (Fsp3) is 0.292. The van der Waals surface area contributed by atoms with Crippen LogP contribution in [0.1, 0.15) is 50.2 Å². The van der Waals surface area contributed by atoms with Crippen LogP contribution in [-0.2, 0) is 9.59 Å². The zero-order valence-corrected chi connectivity index (χ0v) is 18.0. The Bertz CT molecular complexity index is 1090. The Morgan fingerprint density at radius 2 is 1.76 bits per heavy atom. The molecular formula is C24H21BrN2O2. The van der Waals surface area contributed by atoms with E-state index in [9.17, 15) is 14.9 Å². The molecule has 1 unspecified atom stereocenters. The van der Waals surface area contributed by atoms with Crippen molar-refractivity contribution in [2.24, 2.45) is 5.41 Å². The van der Waals surface area contributed by atoms with Gasteiger partial charge in [0.05, 0.1) is 11.3 Å². The van der Waals surface area contributed by atoms with Crippen molar-refractivity contribution in [2.45, 2.75) is 39.0 Å². The predicted octanol–water partition coefficient (Wildman–Crippen LogP) is 5.48. The lowest BCUT2D eigenvalue weighted by Gasteiger charge is -2.43. The van der Waals surface area contributed by atoms with Crippen molar-refractivity contribution in [1.82, 2.24) is 0 Å². The summed E-state index contributed by atoms with van der Waals surface area (Å²) in [5.74, 6) is -0.274. The van der Waals surface area contributed by atoms with Crippen molar-refractivity contribution in [3.05, 3.63) is 75.4 Å². The van der Waals surface area contributed by atoms with Crippen molar-refractivity contribution in [2.75, 3.05) is 4.90 Å². The molecule has 0 saturated heterocycles. The summed E-state index contributed by atoms with van der Waals surface area (Å²) in [7, 11) is 0. The summed E-state index contributed by atoms with van der Waals surface area (Å²) in [6, 6.07) is 17.0. The smallest absolute Gasteiger partial charge is 0.232 e. The molecule has 1 heterocycles. The van der Waals surface area contributed by atoms with Gasteiger partial charge in [0.25, 0.3) is 0 Å². The average molecular weight is 449 g/mol. The molecule has 0 radical (unpaired) electrons. The van der Waals surface area contributed by atoms with Crippen LogP contribution >= 0.6 is 15.9 Å². The van der Waals surface area contributed by atoms with Crippen LogP contribution < -0.4 is 4.90 Å². The van der Waals surface area contributed by atoms with Gasteiger partial charge in [-0.1, -0.05) is 60.1 Å². The van der Waals surface area contributed by atoms with E-state index in [2.05, 4.69) is 35.8 Å². The molecule has 0 spiro atoms. The van der Waals surface area contributed by atoms with E-state index in [4.69, 9.17) is 0 Å². The van der Waals surface area contributed by atoms with Crippen LogP contribution in [0.3, 0.4) is 0 Å². The number of Topliss-reactive ketones (excluding diaryl/α,β-unsaturated/α-hetero) is 1. The number of hydrogen-bond donors (Lipinski definition) is 0. The summed E-state index contributed by atoms with van der Waals surface area (Å²) >= 11 is 3.59. The maximum Gasteiger partial charge on any atom is 0.232 e. The minimum Gasteiger partial charge on any atom is -0.294 e. The van der Waals surface area contributed by atoms with Crippen LogP contribution in [0.15, 0.2) is 64.3 Å². The lowest BCUT2D eigenvalue weighted by molar-refractivity contribution is -0.121. The summed E-state index contributed by atoms with van der Waals surface area (Å²) in [4.78, 5) is 28.3. The minimum absolute atomic E-state index is 0.0855. The first-order valence-electron chi connectivity index (χ1n) is 9.65. The van der Waals surface area contributed by atoms with Gasteiger partial charge in [-0.3, -0.25) is 14.5 Å². The summed E-state index contributed by atoms with van der Waals surface area (Å²) < 4.78 is 0.896. The molecule has 2 aromatic rings. The third kappa shape index (κ3) is 3.42. The second-order valence-electron chi connectivity index (χ2n) is 8.44. The monoisotopic (exact) mass is 448 g/mol. The lowest BCUT2D eigenvalue weighted by atomic mass is 9.69. The van der Waals surface area contributed by atoms with Crippen molar-refractivity contribution in [1.29, 1.82) is 5.26 Å². The quantitative estimate of drug-likeness (QED) is 0.610. The molecule has 0 N–H and O–H groups in total. The summed E-state index contributed by atoms with van der Waals surface area (Å²) in [5.41, 5.74) is 3.15. The first-order chi connectivity index (χ1) is 13.8. The molecule has 29 heavy (non-hydrogen) atoms. The van der Waals surface area contributed by atoms with Crippen LogP contribution in [0.4, 0.5) is 5.69 Å². The minimum atomic E-state index is -0.276. The highest BCUT2D eigenvalue weighted by molar-refractivity contribution is 9.10. The van der Waals surface area contributed by atoms with Crippen molar-refractivity contribution in [3.63, 3.8) is 0 Å². The SMILES string of the molecule is CC1(C)CC(=O)C2=C(C1)N(c1ccccc1C#N)C(=O)CC2c1ccccc1Br. The number of allylic oxidation sites excluding steroid dienone is 2. The molecule has 2 aromatic carbocycles. The van der Waals surface area contributed by atoms with Crippen LogP contribution in [0.25, 0.3) is 0 Å². The molecule has 1 aliphatic carbocycles. The number of ketones is 1. The van der Waals surface area contributed by atoms with Gasteiger partial charge in [-0.05, 0) is 35.6 Å². The highest BCUT2D eigenvalue weighted by Crippen LogP contribution is 2.49. The van der Waals surface area contributed by atoms with E-state index in [1.54, 1.807) is 23.1 Å². The average Bonchev–Trinajstić information content (AvgIpc) is 2.67. The zero-order valence-electron chi connectivity index (χ0n) is 16.4. The Labute approximate surface area is 179 Å². The molecule has 1 amide bonds. The van der Waals surface area contributed by atoms with E-state index in [0.717, 1.165) is 15.7 Å². The Morgan fingerprint density at radius 3 is 2.48 bits per heavy atom. The van der Waals surface area contributed by atoms with Gasteiger partial charge in [0, 0.05) is 34.5 Å². The molecule has 0 fully saturated rings. The third-order valence-electron chi connectivity index (χ3n) is 5.69. The number of anilines is 1. The number of nitrogens with zero attached hydrogens (tertiary/aromatic N) is 2. The number of hydrogen-bond acceptors (Lipinski definition) is 3. The molecule has 0 aromatic heterocycles. The number of benzene rings is 2. The molecule has 5 heteroatoms. The van der Waals surface area contributed by atoms with Crippen LogP contribution in [0.5, 0.6) is 0 Å². The maximum absolute atomic E-state index is 13.4. The second kappa shape index (κ2) is 7.27. The van der Waals surface area contributed by atoms with Gasteiger partial charge in [-0.2, -0.15) is 5.26 Å². The summed E-state index contributed by atoms with van der Waals surface area (Å²) in [6.45, 7) is 4.10.